The topological polar surface area (TPSA) is 92.1 Å². The van der Waals surface area contributed by atoms with E-state index in [9.17, 15) is 9.59 Å². The van der Waals surface area contributed by atoms with Crippen LogP contribution in [0.25, 0.3) is 10.9 Å². The van der Waals surface area contributed by atoms with Crippen LogP contribution in [-0.2, 0) is 9.53 Å². The van der Waals surface area contributed by atoms with E-state index >= 15 is 0 Å². The van der Waals surface area contributed by atoms with Crippen LogP contribution in [0.3, 0.4) is 0 Å². The maximum Gasteiger partial charge on any atom is 0.340 e. The second-order valence-corrected chi connectivity index (χ2v) is 6.66. The van der Waals surface area contributed by atoms with Crippen molar-refractivity contribution in [1.29, 1.82) is 5.26 Å². The van der Waals surface area contributed by atoms with Crippen molar-refractivity contribution in [2.75, 3.05) is 11.9 Å². The second-order valence-electron chi connectivity index (χ2n) is 6.25. The zero-order valence-corrected chi connectivity index (χ0v) is 16.0. The molecule has 0 radical (unpaired) electrons. The molecule has 3 aromatic rings. The molecule has 3 rings (SSSR count). The average molecular weight is 394 g/mol. The fourth-order valence-electron chi connectivity index (χ4n) is 2.69. The van der Waals surface area contributed by atoms with Crippen LogP contribution in [-0.4, -0.2) is 23.5 Å². The predicted molar refractivity (Wildman–Crippen MR) is 106 cm³/mol. The lowest BCUT2D eigenvalue weighted by atomic mass is 10.1. The first-order valence-corrected chi connectivity index (χ1v) is 8.80. The minimum atomic E-state index is -0.624. The van der Waals surface area contributed by atoms with E-state index in [4.69, 9.17) is 21.6 Å². The standard InChI is InChI=1S/C21H16ClN3O3/c1-12-3-6-19-15(7-12)8-17(13(2)24-19)21(27)28-11-20(26)25-16-5-4-14(10-23)18(22)9-16/h3-9H,11H2,1-2H3,(H,25,26). The van der Waals surface area contributed by atoms with Gasteiger partial charge in [0.1, 0.15) is 6.07 Å². The molecule has 0 bridgehead atoms. The molecule has 1 amide bonds. The number of halogens is 1. The van der Waals surface area contributed by atoms with Gasteiger partial charge in [-0.3, -0.25) is 9.78 Å². The molecule has 1 heterocycles. The van der Waals surface area contributed by atoms with Gasteiger partial charge in [0, 0.05) is 11.1 Å². The van der Waals surface area contributed by atoms with Gasteiger partial charge in [-0.15, -0.1) is 0 Å². The summed E-state index contributed by atoms with van der Waals surface area (Å²) in [5, 5.41) is 12.5. The third kappa shape index (κ3) is 4.27. The first-order valence-electron chi connectivity index (χ1n) is 8.42. The number of amides is 1. The number of carbonyl (C=O) groups excluding carboxylic acids is 2. The first kappa shape index (κ1) is 19.3. The number of esters is 1. The highest BCUT2D eigenvalue weighted by molar-refractivity contribution is 6.32. The Hall–Kier alpha value is -3.43. The SMILES string of the molecule is Cc1ccc2nc(C)c(C(=O)OCC(=O)Nc3ccc(C#N)c(Cl)c3)cc2c1. The van der Waals surface area contributed by atoms with E-state index in [1.165, 1.54) is 12.1 Å². The lowest BCUT2D eigenvalue weighted by molar-refractivity contribution is -0.119. The van der Waals surface area contributed by atoms with Crippen LogP contribution >= 0.6 is 11.6 Å². The number of aromatic nitrogens is 1. The maximum atomic E-state index is 12.4. The molecule has 0 spiro atoms. The van der Waals surface area contributed by atoms with Crippen LogP contribution < -0.4 is 5.32 Å². The first-order chi connectivity index (χ1) is 13.4. The average Bonchev–Trinajstić information content (AvgIpc) is 2.66. The quantitative estimate of drug-likeness (QED) is 0.671. The van der Waals surface area contributed by atoms with Gasteiger partial charge in [-0.2, -0.15) is 5.26 Å². The minimum Gasteiger partial charge on any atom is -0.452 e. The van der Waals surface area contributed by atoms with Crippen molar-refractivity contribution in [3.05, 3.63) is 69.9 Å². The Morgan fingerprint density at radius 3 is 2.68 bits per heavy atom. The van der Waals surface area contributed by atoms with Gasteiger partial charge in [0.25, 0.3) is 5.91 Å². The zero-order valence-electron chi connectivity index (χ0n) is 15.2. The maximum absolute atomic E-state index is 12.4. The van der Waals surface area contributed by atoms with Crippen molar-refractivity contribution in [3.8, 4) is 6.07 Å². The van der Waals surface area contributed by atoms with E-state index in [1.807, 2.05) is 31.2 Å². The number of hydrogen-bond donors (Lipinski definition) is 1. The fourth-order valence-corrected chi connectivity index (χ4v) is 2.91. The number of aryl methyl sites for hydroxylation is 2. The van der Waals surface area contributed by atoms with E-state index in [0.717, 1.165) is 16.5 Å². The van der Waals surface area contributed by atoms with Gasteiger partial charge in [0.15, 0.2) is 6.61 Å². The summed E-state index contributed by atoms with van der Waals surface area (Å²) in [6, 6.07) is 13.9. The summed E-state index contributed by atoms with van der Waals surface area (Å²) in [5.74, 6) is -1.14. The van der Waals surface area contributed by atoms with Crippen molar-refractivity contribution >= 4 is 40.1 Å². The lowest BCUT2D eigenvalue weighted by Crippen LogP contribution is -2.21. The molecule has 1 N–H and O–H groups in total. The molecule has 140 valence electrons. The molecule has 2 aromatic carbocycles. The highest BCUT2D eigenvalue weighted by Crippen LogP contribution is 2.21. The van der Waals surface area contributed by atoms with Crippen molar-refractivity contribution in [2.24, 2.45) is 0 Å². The molecule has 0 saturated heterocycles. The summed E-state index contributed by atoms with van der Waals surface area (Å²) < 4.78 is 5.12. The van der Waals surface area contributed by atoms with Gasteiger partial charge in [-0.1, -0.05) is 23.2 Å². The molecule has 0 fully saturated rings. The summed E-state index contributed by atoms with van der Waals surface area (Å²) >= 11 is 5.93. The highest BCUT2D eigenvalue weighted by Gasteiger charge is 2.15. The number of fused-ring (bicyclic) bond motifs is 1. The van der Waals surface area contributed by atoms with Crippen LogP contribution in [0.1, 0.15) is 27.2 Å². The summed E-state index contributed by atoms with van der Waals surface area (Å²) in [5.41, 5.74) is 3.39. The van der Waals surface area contributed by atoms with E-state index < -0.39 is 18.5 Å². The molecule has 6 nitrogen and oxygen atoms in total. The Morgan fingerprint density at radius 1 is 1.18 bits per heavy atom. The smallest absolute Gasteiger partial charge is 0.340 e. The van der Waals surface area contributed by atoms with Crippen LogP contribution in [0.4, 0.5) is 5.69 Å². The number of nitrogens with one attached hydrogen (secondary N) is 1. The van der Waals surface area contributed by atoms with Crippen molar-refractivity contribution < 1.29 is 14.3 Å². The molecule has 7 heteroatoms. The van der Waals surface area contributed by atoms with Crippen molar-refractivity contribution in [2.45, 2.75) is 13.8 Å². The second kappa shape index (κ2) is 8.07. The molecule has 0 aliphatic heterocycles. The number of hydrogen-bond acceptors (Lipinski definition) is 5. The number of pyridine rings is 1. The van der Waals surface area contributed by atoms with Gasteiger partial charge >= 0.3 is 5.97 Å². The lowest BCUT2D eigenvalue weighted by Gasteiger charge is -2.09. The molecule has 0 aliphatic carbocycles. The monoisotopic (exact) mass is 393 g/mol. The van der Waals surface area contributed by atoms with Gasteiger partial charge in [0.2, 0.25) is 0 Å². The van der Waals surface area contributed by atoms with Crippen molar-refractivity contribution in [1.82, 2.24) is 4.98 Å². The molecule has 28 heavy (non-hydrogen) atoms. The van der Waals surface area contributed by atoms with Crippen LogP contribution in [0.5, 0.6) is 0 Å². The molecule has 0 unspecified atom stereocenters. The molecule has 0 aliphatic rings. The van der Waals surface area contributed by atoms with E-state index in [1.54, 1.807) is 19.1 Å². The van der Waals surface area contributed by atoms with Crippen LogP contribution in [0, 0.1) is 25.2 Å². The number of anilines is 1. The predicted octanol–water partition coefficient (Wildman–Crippen LogP) is 4.17. The van der Waals surface area contributed by atoms with E-state index in [0.29, 0.717) is 22.5 Å². The summed E-state index contributed by atoms with van der Waals surface area (Å²) in [7, 11) is 0. The number of nitriles is 1. The Balaban J connectivity index is 1.67. The number of nitrogens with zero attached hydrogens (tertiary/aromatic N) is 2. The molecule has 0 saturated carbocycles. The van der Waals surface area contributed by atoms with Gasteiger partial charge in [-0.05, 0) is 50.2 Å². The third-order valence-electron chi connectivity index (χ3n) is 4.09. The van der Waals surface area contributed by atoms with Gasteiger partial charge in [-0.25, -0.2) is 4.79 Å². The molecular weight excluding hydrogens is 378 g/mol. The van der Waals surface area contributed by atoms with E-state index in [-0.39, 0.29) is 5.02 Å². The van der Waals surface area contributed by atoms with Crippen molar-refractivity contribution in [3.63, 3.8) is 0 Å². The fraction of sp³-hybridized carbons (Fsp3) is 0.143. The summed E-state index contributed by atoms with van der Waals surface area (Å²) in [6.07, 6.45) is 0. The Morgan fingerprint density at radius 2 is 1.96 bits per heavy atom. The molecule has 0 atom stereocenters. The Kier molecular flexibility index (Phi) is 5.57. The van der Waals surface area contributed by atoms with Gasteiger partial charge in [0.05, 0.1) is 27.4 Å². The largest absolute Gasteiger partial charge is 0.452 e. The normalized spacial score (nSPS) is 10.4. The zero-order chi connectivity index (χ0) is 20.3. The molecular formula is C21H16ClN3O3. The highest BCUT2D eigenvalue weighted by atomic mass is 35.5. The number of carbonyl (C=O) groups is 2. The van der Waals surface area contributed by atoms with Gasteiger partial charge < -0.3 is 10.1 Å². The Labute approximate surface area is 166 Å². The van der Waals surface area contributed by atoms with Crippen LogP contribution in [0.15, 0.2) is 42.5 Å². The van der Waals surface area contributed by atoms with Crippen LogP contribution in [0.2, 0.25) is 5.02 Å². The van der Waals surface area contributed by atoms with E-state index in [2.05, 4.69) is 10.3 Å². The summed E-state index contributed by atoms with van der Waals surface area (Å²) in [6.45, 7) is 3.22. The summed E-state index contributed by atoms with van der Waals surface area (Å²) in [4.78, 5) is 28.8. The number of rotatable bonds is 4. The number of ether oxygens (including phenoxy) is 1. The minimum absolute atomic E-state index is 0.227. The molecule has 1 aromatic heterocycles. The number of benzene rings is 2. The third-order valence-corrected chi connectivity index (χ3v) is 4.40. The Bertz CT molecular complexity index is 1140.